The summed E-state index contributed by atoms with van der Waals surface area (Å²) in [5.74, 6) is 1.25. The second-order valence-electron chi connectivity index (χ2n) is 5.08. The molecule has 2 heterocycles. The van der Waals surface area contributed by atoms with E-state index in [1.54, 1.807) is 24.5 Å². The van der Waals surface area contributed by atoms with E-state index in [1.165, 1.54) is 0 Å². The van der Waals surface area contributed by atoms with Gasteiger partial charge in [0.2, 0.25) is 0 Å². The summed E-state index contributed by atoms with van der Waals surface area (Å²) in [6.07, 6.45) is 4.71. The quantitative estimate of drug-likeness (QED) is 0.546. The van der Waals surface area contributed by atoms with Crippen molar-refractivity contribution in [3.63, 3.8) is 0 Å². The van der Waals surface area contributed by atoms with Gasteiger partial charge in [0, 0.05) is 18.3 Å². The highest BCUT2D eigenvalue weighted by Crippen LogP contribution is 2.22. The Morgan fingerprint density at radius 2 is 2.00 bits per heavy atom. The minimum absolute atomic E-state index is 0.203. The number of rotatable bonds is 4. The topological polar surface area (TPSA) is 57.0 Å². The Kier molecular flexibility index (Phi) is 3.87. The largest absolute Gasteiger partial charge is 0.427 e. The fourth-order valence-electron chi connectivity index (χ4n) is 2.43. The van der Waals surface area contributed by atoms with Crippen molar-refractivity contribution in [2.75, 3.05) is 0 Å². The fraction of sp³-hybridized carbons (Fsp3) is 0.235. The van der Waals surface area contributed by atoms with Crippen LogP contribution in [0.3, 0.4) is 0 Å². The molecule has 0 unspecified atom stereocenters. The molecule has 0 aliphatic heterocycles. The zero-order valence-corrected chi connectivity index (χ0v) is 12.6. The predicted molar refractivity (Wildman–Crippen MR) is 84.1 cm³/mol. The highest BCUT2D eigenvalue weighted by atomic mass is 16.5. The number of aromatic nitrogens is 3. The van der Waals surface area contributed by atoms with Gasteiger partial charge in [0.05, 0.1) is 11.7 Å². The first-order chi connectivity index (χ1) is 10.7. The molecule has 0 saturated heterocycles. The Balaban J connectivity index is 1.92. The van der Waals surface area contributed by atoms with Crippen molar-refractivity contribution in [2.24, 2.45) is 0 Å². The molecule has 0 amide bonds. The van der Waals surface area contributed by atoms with E-state index in [2.05, 4.69) is 14.5 Å². The number of benzene rings is 1. The van der Waals surface area contributed by atoms with Gasteiger partial charge in [-0.15, -0.1) is 0 Å². The van der Waals surface area contributed by atoms with E-state index in [1.807, 2.05) is 32.0 Å². The third-order valence-electron chi connectivity index (χ3n) is 3.41. The van der Waals surface area contributed by atoms with E-state index in [-0.39, 0.29) is 5.97 Å². The third kappa shape index (κ3) is 2.70. The molecular weight excluding hydrogens is 278 g/mol. The number of carbonyl (C=O) groups is 1. The zero-order chi connectivity index (χ0) is 15.5. The monoisotopic (exact) mass is 295 g/mol. The molecule has 2 aromatic heterocycles. The summed E-state index contributed by atoms with van der Waals surface area (Å²) in [4.78, 5) is 20.1. The maximum absolute atomic E-state index is 11.5. The van der Waals surface area contributed by atoms with Crippen LogP contribution in [0.25, 0.3) is 16.7 Å². The number of aryl methyl sites for hydroxylation is 1. The number of carbonyl (C=O) groups excluding carboxylic acids is 1. The van der Waals surface area contributed by atoms with E-state index in [9.17, 15) is 4.79 Å². The lowest BCUT2D eigenvalue weighted by Crippen LogP contribution is -2.07. The molecule has 3 aromatic rings. The van der Waals surface area contributed by atoms with E-state index >= 15 is 0 Å². The first kappa shape index (κ1) is 14.3. The van der Waals surface area contributed by atoms with Crippen LogP contribution in [0.5, 0.6) is 5.75 Å². The van der Waals surface area contributed by atoms with Crippen molar-refractivity contribution >= 4 is 17.0 Å². The van der Waals surface area contributed by atoms with Gasteiger partial charge in [0.1, 0.15) is 17.1 Å². The Bertz CT molecular complexity index is 806. The standard InChI is InChI=1S/C17H17N3O2/c1-3-4-17(21)22-14-7-5-13(6-8-14)20-12(2)19-15-11-18-10-9-16(15)20/h5-11H,3-4H2,1-2H3. The fourth-order valence-corrected chi connectivity index (χ4v) is 2.43. The van der Waals surface area contributed by atoms with Gasteiger partial charge >= 0.3 is 5.97 Å². The molecular formula is C17H17N3O2. The number of pyridine rings is 1. The smallest absolute Gasteiger partial charge is 0.311 e. The van der Waals surface area contributed by atoms with Crippen LogP contribution in [0, 0.1) is 6.92 Å². The van der Waals surface area contributed by atoms with E-state index in [4.69, 9.17) is 4.74 Å². The first-order valence-electron chi connectivity index (χ1n) is 7.29. The van der Waals surface area contributed by atoms with Crippen LogP contribution in [-0.2, 0) is 4.79 Å². The number of hydrogen-bond donors (Lipinski definition) is 0. The van der Waals surface area contributed by atoms with Gasteiger partial charge in [-0.1, -0.05) is 6.92 Å². The van der Waals surface area contributed by atoms with Gasteiger partial charge in [0.25, 0.3) is 0 Å². The van der Waals surface area contributed by atoms with E-state index < -0.39 is 0 Å². The first-order valence-corrected chi connectivity index (χ1v) is 7.29. The minimum atomic E-state index is -0.203. The van der Waals surface area contributed by atoms with Gasteiger partial charge in [-0.05, 0) is 43.7 Å². The second kappa shape index (κ2) is 5.97. The number of hydrogen-bond acceptors (Lipinski definition) is 4. The van der Waals surface area contributed by atoms with Crippen LogP contribution in [0.4, 0.5) is 0 Å². The lowest BCUT2D eigenvalue weighted by atomic mass is 10.3. The summed E-state index contributed by atoms with van der Waals surface area (Å²) in [6, 6.07) is 9.38. The van der Waals surface area contributed by atoms with E-state index in [0.717, 1.165) is 29.0 Å². The molecule has 0 aliphatic rings. The Morgan fingerprint density at radius 1 is 1.23 bits per heavy atom. The maximum atomic E-state index is 11.5. The molecule has 1 aromatic carbocycles. The summed E-state index contributed by atoms with van der Waals surface area (Å²) in [6.45, 7) is 3.90. The van der Waals surface area contributed by atoms with Crippen molar-refractivity contribution < 1.29 is 9.53 Å². The predicted octanol–water partition coefficient (Wildman–Crippen LogP) is 3.43. The molecule has 0 N–H and O–H groups in total. The summed E-state index contributed by atoms with van der Waals surface area (Å²) in [7, 11) is 0. The SMILES string of the molecule is CCCC(=O)Oc1ccc(-n2c(C)nc3cnccc32)cc1. The minimum Gasteiger partial charge on any atom is -0.427 e. The van der Waals surface area contributed by atoms with Crippen molar-refractivity contribution in [3.05, 3.63) is 48.5 Å². The number of fused-ring (bicyclic) bond motifs is 1. The molecule has 0 bridgehead atoms. The number of nitrogens with zero attached hydrogens (tertiary/aromatic N) is 3. The molecule has 0 aliphatic carbocycles. The Labute approximate surface area is 128 Å². The third-order valence-corrected chi connectivity index (χ3v) is 3.41. The van der Waals surface area contributed by atoms with Crippen LogP contribution in [0.15, 0.2) is 42.7 Å². The van der Waals surface area contributed by atoms with Gasteiger partial charge in [0.15, 0.2) is 0 Å². The molecule has 112 valence electrons. The van der Waals surface area contributed by atoms with Gasteiger partial charge in [-0.25, -0.2) is 4.98 Å². The number of ether oxygens (including phenoxy) is 1. The van der Waals surface area contributed by atoms with E-state index in [0.29, 0.717) is 12.2 Å². The van der Waals surface area contributed by atoms with Crippen molar-refractivity contribution in [3.8, 4) is 11.4 Å². The zero-order valence-electron chi connectivity index (χ0n) is 12.6. The van der Waals surface area contributed by atoms with Crippen LogP contribution in [-0.4, -0.2) is 20.5 Å². The van der Waals surface area contributed by atoms with Gasteiger partial charge < -0.3 is 4.74 Å². The molecule has 5 heteroatoms. The molecule has 3 rings (SSSR count). The molecule has 0 saturated carbocycles. The summed E-state index contributed by atoms with van der Waals surface area (Å²) < 4.78 is 7.32. The normalized spacial score (nSPS) is 10.8. The highest BCUT2D eigenvalue weighted by molar-refractivity contribution is 5.77. The van der Waals surface area contributed by atoms with Crippen LogP contribution >= 0.6 is 0 Å². The molecule has 0 spiro atoms. The van der Waals surface area contributed by atoms with Crippen molar-refractivity contribution in [1.29, 1.82) is 0 Å². The second-order valence-corrected chi connectivity index (χ2v) is 5.08. The van der Waals surface area contributed by atoms with Crippen molar-refractivity contribution in [2.45, 2.75) is 26.7 Å². The summed E-state index contributed by atoms with van der Waals surface area (Å²) in [5.41, 5.74) is 2.84. The molecule has 22 heavy (non-hydrogen) atoms. The highest BCUT2D eigenvalue weighted by Gasteiger charge is 2.09. The number of esters is 1. The lowest BCUT2D eigenvalue weighted by molar-refractivity contribution is -0.134. The van der Waals surface area contributed by atoms with Gasteiger partial charge in [-0.2, -0.15) is 0 Å². The van der Waals surface area contributed by atoms with Crippen LogP contribution < -0.4 is 4.74 Å². The van der Waals surface area contributed by atoms with Crippen LogP contribution in [0.2, 0.25) is 0 Å². The molecule has 0 fully saturated rings. The molecule has 0 radical (unpaired) electrons. The molecule has 5 nitrogen and oxygen atoms in total. The lowest BCUT2D eigenvalue weighted by Gasteiger charge is -2.08. The van der Waals surface area contributed by atoms with Crippen molar-refractivity contribution in [1.82, 2.24) is 14.5 Å². The Hall–Kier alpha value is -2.69. The summed E-state index contributed by atoms with van der Waals surface area (Å²) >= 11 is 0. The maximum Gasteiger partial charge on any atom is 0.311 e. The Morgan fingerprint density at radius 3 is 2.73 bits per heavy atom. The average Bonchev–Trinajstić information content (AvgIpc) is 2.84. The molecule has 0 atom stereocenters. The van der Waals surface area contributed by atoms with Gasteiger partial charge in [-0.3, -0.25) is 14.3 Å². The van der Waals surface area contributed by atoms with Crippen LogP contribution in [0.1, 0.15) is 25.6 Å². The summed E-state index contributed by atoms with van der Waals surface area (Å²) in [5, 5.41) is 0. The number of imidazole rings is 1. The average molecular weight is 295 g/mol.